The van der Waals surface area contributed by atoms with Crippen molar-refractivity contribution in [1.29, 1.82) is 0 Å². The van der Waals surface area contributed by atoms with Crippen molar-refractivity contribution in [3.63, 3.8) is 0 Å². The second-order valence-electron chi connectivity index (χ2n) is 7.22. The first-order chi connectivity index (χ1) is 15.0. The number of carboxylic acid groups (broad SMARTS) is 1. The minimum Gasteiger partial charge on any atom is -0.480 e. The molecular formula is C25H39N3O3. The van der Waals surface area contributed by atoms with Crippen molar-refractivity contribution in [2.45, 2.75) is 57.9 Å². The first kappa shape index (κ1) is 28.5. The van der Waals surface area contributed by atoms with Crippen molar-refractivity contribution in [1.82, 2.24) is 0 Å². The van der Waals surface area contributed by atoms with Crippen molar-refractivity contribution >= 4 is 12.3 Å². The molecule has 0 spiro atoms. The summed E-state index contributed by atoms with van der Waals surface area (Å²) in [4.78, 5) is 20.4. The molecule has 0 saturated carbocycles. The van der Waals surface area contributed by atoms with Crippen LogP contribution >= 0.6 is 0 Å². The van der Waals surface area contributed by atoms with Crippen LogP contribution in [0.15, 0.2) is 54.6 Å². The number of nitrogens with two attached hydrogens (primary N) is 3. The standard InChI is InChI=1S/C12H16O.C8H11N.C5H12N2O2/c1-2-3-4-5-11-6-8-12(10-13)9-7-11;9-7-6-8-4-2-1-3-5-8;6-3-1-2-4(7)5(8)9/h6-10H,2-5H2,1H3;1-5H,6-7,9H2;4H,1-3,6-7H2,(H,8,9). The fourth-order valence-electron chi connectivity index (χ4n) is 2.61. The Balaban J connectivity index is 0.000000448. The van der Waals surface area contributed by atoms with Crippen molar-refractivity contribution in [2.75, 3.05) is 13.1 Å². The molecular weight excluding hydrogens is 390 g/mol. The van der Waals surface area contributed by atoms with E-state index >= 15 is 0 Å². The summed E-state index contributed by atoms with van der Waals surface area (Å²) in [6.45, 7) is 3.44. The molecule has 172 valence electrons. The van der Waals surface area contributed by atoms with Gasteiger partial charge in [0.1, 0.15) is 12.3 Å². The number of carbonyl (C=O) groups is 2. The number of aryl methyl sites for hydroxylation is 1. The maximum Gasteiger partial charge on any atom is 0.320 e. The first-order valence-corrected chi connectivity index (χ1v) is 10.9. The third kappa shape index (κ3) is 15.9. The molecule has 0 amide bonds. The molecule has 0 heterocycles. The van der Waals surface area contributed by atoms with E-state index in [1.54, 1.807) is 0 Å². The monoisotopic (exact) mass is 429 g/mol. The Kier molecular flexibility index (Phi) is 17.8. The van der Waals surface area contributed by atoms with Gasteiger partial charge in [-0.25, -0.2) is 0 Å². The van der Waals surface area contributed by atoms with E-state index in [1.807, 2.05) is 42.5 Å². The lowest BCUT2D eigenvalue weighted by Gasteiger charge is -2.02. The summed E-state index contributed by atoms with van der Waals surface area (Å²) in [5, 5.41) is 8.24. The van der Waals surface area contributed by atoms with E-state index in [0.717, 1.165) is 31.2 Å². The van der Waals surface area contributed by atoms with E-state index in [-0.39, 0.29) is 0 Å². The lowest BCUT2D eigenvalue weighted by molar-refractivity contribution is -0.138. The highest BCUT2D eigenvalue weighted by Crippen LogP contribution is 2.07. The topological polar surface area (TPSA) is 132 Å². The number of hydrogen-bond donors (Lipinski definition) is 4. The number of aldehydes is 1. The lowest BCUT2D eigenvalue weighted by Crippen LogP contribution is -2.30. The van der Waals surface area contributed by atoms with Gasteiger partial charge in [-0.2, -0.15) is 0 Å². The largest absolute Gasteiger partial charge is 0.480 e. The van der Waals surface area contributed by atoms with Gasteiger partial charge < -0.3 is 22.3 Å². The molecule has 6 nitrogen and oxygen atoms in total. The Bertz CT molecular complexity index is 691. The minimum absolute atomic E-state index is 0.464. The second-order valence-corrected chi connectivity index (χ2v) is 7.22. The summed E-state index contributed by atoms with van der Waals surface area (Å²) < 4.78 is 0. The van der Waals surface area contributed by atoms with Crippen LogP contribution in [-0.4, -0.2) is 36.5 Å². The van der Waals surface area contributed by atoms with Crippen LogP contribution in [0.5, 0.6) is 0 Å². The molecule has 0 fully saturated rings. The van der Waals surface area contributed by atoms with Crippen LogP contribution in [0, 0.1) is 0 Å². The number of hydrogen-bond acceptors (Lipinski definition) is 5. The van der Waals surface area contributed by atoms with E-state index in [2.05, 4.69) is 19.1 Å². The van der Waals surface area contributed by atoms with Crippen molar-refractivity contribution in [3.8, 4) is 0 Å². The minimum atomic E-state index is -0.955. The Morgan fingerprint density at radius 3 is 2.00 bits per heavy atom. The van der Waals surface area contributed by atoms with E-state index in [9.17, 15) is 9.59 Å². The average Bonchev–Trinajstić information content (AvgIpc) is 2.80. The average molecular weight is 430 g/mol. The maximum absolute atomic E-state index is 10.4. The van der Waals surface area contributed by atoms with E-state index < -0.39 is 12.0 Å². The van der Waals surface area contributed by atoms with Gasteiger partial charge in [0.2, 0.25) is 0 Å². The highest BCUT2D eigenvalue weighted by atomic mass is 16.4. The predicted molar refractivity (Wildman–Crippen MR) is 128 cm³/mol. The normalized spacial score (nSPS) is 10.7. The number of unbranched alkanes of at least 4 members (excludes halogenated alkanes) is 2. The predicted octanol–water partition coefficient (Wildman–Crippen LogP) is 3.56. The lowest BCUT2D eigenvalue weighted by atomic mass is 10.1. The van der Waals surface area contributed by atoms with Gasteiger partial charge in [0.25, 0.3) is 0 Å². The van der Waals surface area contributed by atoms with Gasteiger partial charge in [-0.15, -0.1) is 0 Å². The van der Waals surface area contributed by atoms with Gasteiger partial charge in [0, 0.05) is 5.56 Å². The van der Waals surface area contributed by atoms with Crippen LogP contribution < -0.4 is 17.2 Å². The molecule has 0 bridgehead atoms. The Morgan fingerprint density at radius 1 is 0.903 bits per heavy atom. The summed E-state index contributed by atoms with van der Waals surface area (Å²) in [7, 11) is 0. The van der Waals surface area contributed by atoms with Gasteiger partial charge in [0.15, 0.2) is 0 Å². The summed E-state index contributed by atoms with van der Waals surface area (Å²) in [6.07, 6.45) is 7.93. The summed E-state index contributed by atoms with van der Waals surface area (Å²) in [5.74, 6) is -0.955. The molecule has 2 rings (SSSR count). The molecule has 0 aliphatic rings. The molecule has 0 saturated heterocycles. The highest BCUT2D eigenvalue weighted by molar-refractivity contribution is 5.74. The van der Waals surface area contributed by atoms with Crippen LogP contribution in [-0.2, 0) is 17.6 Å². The summed E-state index contributed by atoms with van der Waals surface area (Å²) >= 11 is 0. The smallest absolute Gasteiger partial charge is 0.320 e. The molecule has 0 radical (unpaired) electrons. The van der Waals surface area contributed by atoms with Crippen LogP contribution in [0.4, 0.5) is 0 Å². The zero-order chi connectivity index (χ0) is 23.3. The molecule has 0 aliphatic heterocycles. The zero-order valence-corrected chi connectivity index (χ0v) is 18.7. The van der Waals surface area contributed by atoms with Crippen molar-refractivity contribution < 1.29 is 14.7 Å². The van der Waals surface area contributed by atoms with E-state index in [1.165, 1.54) is 30.4 Å². The quantitative estimate of drug-likeness (QED) is 0.319. The zero-order valence-electron chi connectivity index (χ0n) is 18.7. The number of aliphatic carboxylic acids is 1. The third-order valence-corrected chi connectivity index (χ3v) is 4.50. The van der Waals surface area contributed by atoms with Gasteiger partial charge in [-0.1, -0.05) is 74.4 Å². The Labute approximate surface area is 186 Å². The van der Waals surface area contributed by atoms with Crippen LogP contribution in [0.3, 0.4) is 0 Å². The molecule has 2 aromatic rings. The maximum atomic E-state index is 10.4. The molecule has 0 aliphatic carbocycles. The van der Waals surface area contributed by atoms with Gasteiger partial charge >= 0.3 is 5.97 Å². The van der Waals surface area contributed by atoms with Gasteiger partial charge in [-0.05, 0) is 56.3 Å². The molecule has 1 atom stereocenters. The highest BCUT2D eigenvalue weighted by Gasteiger charge is 2.08. The van der Waals surface area contributed by atoms with E-state index in [0.29, 0.717) is 19.4 Å². The molecule has 0 aromatic heterocycles. The van der Waals surface area contributed by atoms with Gasteiger partial charge in [-0.3, -0.25) is 9.59 Å². The fraction of sp³-hybridized carbons (Fsp3) is 0.440. The van der Waals surface area contributed by atoms with E-state index in [4.69, 9.17) is 22.3 Å². The molecule has 7 N–H and O–H groups in total. The van der Waals surface area contributed by atoms with Crippen LogP contribution in [0.2, 0.25) is 0 Å². The Morgan fingerprint density at radius 2 is 1.52 bits per heavy atom. The molecule has 6 heteroatoms. The van der Waals surface area contributed by atoms with Crippen LogP contribution in [0.1, 0.15) is 60.5 Å². The van der Waals surface area contributed by atoms with Gasteiger partial charge in [0.05, 0.1) is 0 Å². The summed E-state index contributed by atoms with van der Waals surface area (Å²) in [6, 6.07) is 17.4. The summed E-state index contributed by atoms with van der Waals surface area (Å²) in [5.41, 5.74) is 19.1. The molecule has 31 heavy (non-hydrogen) atoms. The molecule has 2 aromatic carbocycles. The van der Waals surface area contributed by atoms with Crippen LogP contribution in [0.25, 0.3) is 0 Å². The molecule has 1 unspecified atom stereocenters. The van der Waals surface area contributed by atoms with Crippen molar-refractivity contribution in [3.05, 3.63) is 71.3 Å². The number of carboxylic acids is 1. The Hall–Kier alpha value is -2.54. The fourth-order valence-corrected chi connectivity index (χ4v) is 2.61. The first-order valence-electron chi connectivity index (χ1n) is 10.9. The number of benzene rings is 2. The van der Waals surface area contributed by atoms with Crippen molar-refractivity contribution in [2.24, 2.45) is 17.2 Å². The SMILES string of the molecule is CCCCCc1ccc(C=O)cc1.NCCCC(N)C(=O)O.NCCc1ccccc1. The second kappa shape index (κ2) is 19.4. The number of rotatable bonds is 11. The third-order valence-electron chi connectivity index (χ3n) is 4.50. The number of carbonyl (C=O) groups excluding carboxylic acids is 1.